The van der Waals surface area contributed by atoms with Crippen LogP contribution in [0.1, 0.15) is 20.3 Å². The highest BCUT2D eigenvalue weighted by Gasteiger charge is 2.08. The third-order valence-electron chi connectivity index (χ3n) is 2.54. The molecule has 0 saturated heterocycles. The predicted molar refractivity (Wildman–Crippen MR) is 70.7 cm³/mol. The Bertz CT molecular complexity index is 508. The average Bonchev–Trinajstić information content (AvgIpc) is 2.85. The Hall–Kier alpha value is -1.95. The van der Waals surface area contributed by atoms with Crippen LogP contribution in [0.2, 0.25) is 0 Å². The standard InChI is InChI=1S/C13H18N4O2/c1-10(2)19-12-6-4-11(5-7-12)13-14-15-16-17(13)8-3-9-18/h4-7,10,18H,3,8-9H2,1-2H3. The van der Waals surface area contributed by atoms with Crippen molar-refractivity contribution in [2.75, 3.05) is 6.61 Å². The van der Waals surface area contributed by atoms with E-state index >= 15 is 0 Å². The molecule has 2 aromatic rings. The number of tetrazole rings is 1. The highest BCUT2D eigenvalue weighted by atomic mass is 16.5. The van der Waals surface area contributed by atoms with Gasteiger partial charge in [-0.05, 0) is 55.0 Å². The van der Waals surface area contributed by atoms with Gasteiger partial charge in [0.2, 0.25) is 0 Å². The lowest BCUT2D eigenvalue weighted by Gasteiger charge is -2.10. The van der Waals surface area contributed by atoms with E-state index in [1.807, 2.05) is 38.1 Å². The molecule has 1 aromatic heterocycles. The maximum Gasteiger partial charge on any atom is 0.182 e. The molecule has 0 fully saturated rings. The van der Waals surface area contributed by atoms with Gasteiger partial charge < -0.3 is 9.84 Å². The first-order valence-corrected chi connectivity index (χ1v) is 6.35. The fourth-order valence-corrected chi connectivity index (χ4v) is 1.74. The van der Waals surface area contributed by atoms with Crippen molar-refractivity contribution in [2.45, 2.75) is 32.9 Å². The summed E-state index contributed by atoms with van der Waals surface area (Å²) in [6, 6.07) is 7.67. The van der Waals surface area contributed by atoms with Crippen LogP contribution < -0.4 is 4.74 Å². The van der Waals surface area contributed by atoms with Gasteiger partial charge in [0.15, 0.2) is 5.82 Å². The summed E-state index contributed by atoms with van der Waals surface area (Å²) in [6.07, 6.45) is 0.785. The molecule has 0 radical (unpaired) electrons. The second-order valence-electron chi connectivity index (χ2n) is 4.49. The van der Waals surface area contributed by atoms with E-state index in [1.54, 1.807) is 4.68 Å². The number of hydrogen-bond acceptors (Lipinski definition) is 5. The zero-order chi connectivity index (χ0) is 13.7. The summed E-state index contributed by atoms with van der Waals surface area (Å²) in [6.45, 7) is 4.70. The lowest BCUT2D eigenvalue weighted by molar-refractivity contribution is 0.242. The van der Waals surface area contributed by atoms with Crippen LogP contribution in [-0.4, -0.2) is 38.0 Å². The Kier molecular flexibility index (Phi) is 4.46. The third kappa shape index (κ3) is 3.51. The summed E-state index contributed by atoms with van der Waals surface area (Å²) in [7, 11) is 0. The van der Waals surface area contributed by atoms with Crippen molar-refractivity contribution in [3.05, 3.63) is 24.3 Å². The first-order chi connectivity index (χ1) is 9.20. The Morgan fingerprint density at radius 1 is 1.26 bits per heavy atom. The van der Waals surface area contributed by atoms with Gasteiger partial charge in [-0.1, -0.05) is 0 Å². The quantitative estimate of drug-likeness (QED) is 0.854. The third-order valence-corrected chi connectivity index (χ3v) is 2.54. The van der Waals surface area contributed by atoms with Crippen LogP contribution in [0.3, 0.4) is 0 Å². The number of aryl methyl sites for hydroxylation is 1. The van der Waals surface area contributed by atoms with Crippen molar-refractivity contribution in [2.24, 2.45) is 0 Å². The van der Waals surface area contributed by atoms with E-state index in [4.69, 9.17) is 9.84 Å². The van der Waals surface area contributed by atoms with E-state index in [1.165, 1.54) is 0 Å². The number of aromatic nitrogens is 4. The van der Waals surface area contributed by atoms with Crippen molar-refractivity contribution in [3.63, 3.8) is 0 Å². The van der Waals surface area contributed by atoms with E-state index in [2.05, 4.69) is 15.5 Å². The van der Waals surface area contributed by atoms with Crippen molar-refractivity contribution in [1.82, 2.24) is 20.2 Å². The van der Waals surface area contributed by atoms with E-state index in [0.717, 1.165) is 11.3 Å². The molecule has 1 heterocycles. The molecule has 0 amide bonds. The summed E-state index contributed by atoms with van der Waals surface area (Å²) in [5.74, 6) is 1.53. The summed E-state index contributed by atoms with van der Waals surface area (Å²) in [4.78, 5) is 0. The molecule has 0 bridgehead atoms. The molecule has 102 valence electrons. The molecular formula is C13H18N4O2. The maximum atomic E-state index is 8.85. The molecule has 2 rings (SSSR count). The minimum Gasteiger partial charge on any atom is -0.491 e. The van der Waals surface area contributed by atoms with Gasteiger partial charge in [0.05, 0.1) is 6.10 Å². The van der Waals surface area contributed by atoms with Crippen LogP contribution in [0.25, 0.3) is 11.4 Å². The molecule has 19 heavy (non-hydrogen) atoms. The van der Waals surface area contributed by atoms with Crippen molar-refractivity contribution in [1.29, 1.82) is 0 Å². The second kappa shape index (κ2) is 6.29. The first-order valence-electron chi connectivity index (χ1n) is 6.35. The number of aliphatic hydroxyl groups excluding tert-OH is 1. The Morgan fingerprint density at radius 3 is 2.63 bits per heavy atom. The van der Waals surface area contributed by atoms with Gasteiger partial charge in [-0.2, -0.15) is 0 Å². The summed E-state index contributed by atoms with van der Waals surface area (Å²) >= 11 is 0. The first kappa shape index (κ1) is 13.5. The average molecular weight is 262 g/mol. The van der Waals surface area contributed by atoms with Crippen molar-refractivity contribution < 1.29 is 9.84 Å². The molecule has 0 atom stereocenters. The topological polar surface area (TPSA) is 73.1 Å². The van der Waals surface area contributed by atoms with E-state index < -0.39 is 0 Å². The van der Waals surface area contributed by atoms with Crippen LogP contribution in [-0.2, 0) is 6.54 Å². The SMILES string of the molecule is CC(C)Oc1ccc(-c2nnnn2CCCO)cc1. The second-order valence-corrected chi connectivity index (χ2v) is 4.49. The lowest BCUT2D eigenvalue weighted by Crippen LogP contribution is -2.06. The minimum absolute atomic E-state index is 0.125. The normalized spacial score (nSPS) is 10.9. The molecule has 0 saturated carbocycles. The van der Waals surface area contributed by atoms with E-state index in [0.29, 0.717) is 18.8 Å². The number of rotatable bonds is 6. The fourth-order valence-electron chi connectivity index (χ4n) is 1.74. The predicted octanol–water partition coefficient (Wildman–Crippen LogP) is 1.51. The highest BCUT2D eigenvalue weighted by Crippen LogP contribution is 2.20. The van der Waals surface area contributed by atoms with Crippen LogP contribution in [0.5, 0.6) is 5.75 Å². The molecule has 1 N–H and O–H groups in total. The van der Waals surface area contributed by atoms with Crippen LogP contribution >= 0.6 is 0 Å². The van der Waals surface area contributed by atoms with Crippen molar-refractivity contribution >= 4 is 0 Å². The van der Waals surface area contributed by atoms with Crippen LogP contribution in [0, 0.1) is 0 Å². The van der Waals surface area contributed by atoms with Crippen LogP contribution in [0.4, 0.5) is 0 Å². The fraction of sp³-hybridized carbons (Fsp3) is 0.462. The monoisotopic (exact) mass is 262 g/mol. The molecule has 6 heteroatoms. The van der Waals surface area contributed by atoms with Crippen molar-refractivity contribution in [3.8, 4) is 17.1 Å². The van der Waals surface area contributed by atoms with Gasteiger partial charge in [-0.15, -0.1) is 5.10 Å². The minimum atomic E-state index is 0.125. The zero-order valence-electron chi connectivity index (χ0n) is 11.2. The summed E-state index contributed by atoms with van der Waals surface area (Å²) in [5, 5.41) is 20.4. The lowest BCUT2D eigenvalue weighted by atomic mass is 10.2. The van der Waals surface area contributed by atoms with Crippen LogP contribution in [0.15, 0.2) is 24.3 Å². The van der Waals surface area contributed by atoms with Gasteiger partial charge in [0.25, 0.3) is 0 Å². The molecular weight excluding hydrogens is 244 g/mol. The largest absolute Gasteiger partial charge is 0.491 e. The molecule has 0 aliphatic rings. The highest BCUT2D eigenvalue weighted by molar-refractivity contribution is 5.55. The summed E-state index contributed by atoms with van der Waals surface area (Å²) < 4.78 is 7.28. The Morgan fingerprint density at radius 2 is 2.00 bits per heavy atom. The number of benzene rings is 1. The van der Waals surface area contributed by atoms with Gasteiger partial charge in [0.1, 0.15) is 5.75 Å². The molecule has 6 nitrogen and oxygen atoms in total. The number of nitrogens with zero attached hydrogens (tertiary/aromatic N) is 4. The number of ether oxygens (including phenoxy) is 1. The molecule has 0 aliphatic heterocycles. The van der Waals surface area contributed by atoms with E-state index in [9.17, 15) is 0 Å². The van der Waals surface area contributed by atoms with Gasteiger partial charge in [-0.3, -0.25) is 0 Å². The zero-order valence-corrected chi connectivity index (χ0v) is 11.2. The van der Waals surface area contributed by atoms with E-state index in [-0.39, 0.29) is 12.7 Å². The molecule has 1 aromatic carbocycles. The Balaban J connectivity index is 2.15. The van der Waals surface area contributed by atoms with Gasteiger partial charge in [-0.25, -0.2) is 4.68 Å². The number of hydrogen-bond donors (Lipinski definition) is 1. The molecule has 0 aliphatic carbocycles. The Labute approximate surface area is 112 Å². The summed E-state index contributed by atoms with van der Waals surface area (Å²) in [5.41, 5.74) is 0.930. The maximum absolute atomic E-state index is 8.85. The smallest absolute Gasteiger partial charge is 0.182 e. The molecule has 0 unspecified atom stereocenters. The van der Waals surface area contributed by atoms with Gasteiger partial charge in [0, 0.05) is 18.7 Å². The number of aliphatic hydroxyl groups is 1. The molecule has 0 spiro atoms. The van der Waals surface area contributed by atoms with Gasteiger partial charge >= 0.3 is 0 Å².